The van der Waals surface area contributed by atoms with Crippen LogP contribution in [0.5, 0.6) is 0 Å². The Bertz CT molecular complexity index is 525. The van der Waals surface area contributed by atoms with Crippen molar-refractivity contribution in [2.75, 3.05) is 57.4 Å². The molecule has 0 amide bonds. The number of piperazine rings is 1. The third-order valence-corrected chi connectivity index (χ3v) is 4.56. The first kappa shape index (κ1) is 17.5. The van der Waals surface area contributed by atoms with E-state index in [1.165, 1.54) is 12.1 Å². The van der Waals surface area contributed by atoms with Gasteiger partial charge in [0.1, 0.15) is 0 Å². The van der Waals surface area contributed by atoms with E-state index in [0.29, 0.717) is 25.5 Å². The first-order valence-electron chi connectivity index (χ1n) is 8.36. The highest BCUT2D eigenvalue weighted by atomic mass is 19.4. The van der Waals surface area contributed by atoms with Crippen LogP contribution in [0.3, 0.4) is 0 Å². The van der Waals surface area contributed by atoms with Gasteiger partial charge in [0.2, 0.25) is 0 Å². The lowest BCUT2D eigenvalue weighted by Crippen LogP contribution is -2.47. The van der Waals surface area contributed by atoms with Crippen LogP contribution < -0.4 is 4.90 Å². The van der Waals surface area contributed by atoms with Crippen LogP contribution in [0.15, 0.2) is 24.3 Å². The van der Waals surface area contributed by atoms with Crippen molar-refractivity contribution in [2.24, 2.45) is 0 Å². The summed E-state index contributed by atoms with van der Waals surface area (Å²) in [6, 6.07) is 5.58. The lowest BCUT2D eigenvalue weighted by molar-refractivity contribution is -0.137. The van der Waals surface area contributed by atoms with Gasteiger partial charge >= 0.3 is 6.18 Å². The molecule has 0 N–H and O–H groups in total. The van der Waals surface area contributed by atoms with Gasteiger partial charge in [-0.05, 0) is 24.6 Å². The minimum atomic E-state index is -4.29. The molecule has 0 spiro atoms. The van der Waals surface area contributed by atoms with Gasteiger partial charge in [-0.1, -0.05) is 6.07 Å². The molecule has 2 fully saturated rings. The molecule has 0 saturated carbocycles. The van der Waals surface area contributed by atoms with Gasteiger partial charge in [0.25, 0.3) is 0 Å². The summed E-state index contributed by atoms with van der Waals surface area (Å²) in [5.74, 6) is 0. The molecule has 0 aromatic heterocycles. The Morgan fingerprint density at radius 1 is 1.08 bits per heavy atom. The zero-order valence-corrected chi connectivity index (χ0v) is 13.6. The maximum atomic E-state index is 12.8. The fourth-order valence-electron chi connectivity index (χ4n) is 3.14. The third kappa shape index (κ3) is 4.62. The highest BCUT2D eigenvalue weighted by molar-refractivity contribution is 5.49. The zero-order chi connectivity index (χ0) is 17.0. The molecule has 1 unspecified atom stereocenters. The molecule has 0 aliphatic carbocycles. The van der Waals surface area contributed by atoms with Crippen LogP contribution in [-0.4, -0.2) is 63.5 Å². The molecular weight excluding hydrogens is 321 g/mol. The van der Waals surface area contributed by atoms with Crippen LogP contribution in [0.2, 0.25) is 0 Å². The standard InChI is InChI=1S/C17H23F3N2O2/c18-17(19,20)14-2-1-3-15(12-14)22-8-6-21(7-9-22)5-4-16-13-23-10-11-24-16/h1-3,12,16H,4-11,13H2. The first-order chi connectivity index (χ1) is 11.5. The summed E-state index contributed by atoms with van der Waals surface area (Å²) in [6.45, 7) is 6.11. The van der Waals surface area contributed by atoms with Crippen LogP contribution in [-0.2, 0) is 15.7 Å². The maximum absolute atomic E-state index is 12.8. The smallest absolute Gasteiger partial charge is 0.376 e. The molecule has 3 rings (SSSR count). The molecular formula is C17H23F3N2O2. The topological polar surface area (TPSA) is 24.9 Å². The van der Waals surface area contributed by atoms with E-state index < -0.39 is 11.7 Å². The minimum absolute atomic E-state index is 0.167. The van der Waals surface area contributed by atoms with Gasteiger partial charge in [0, 0.05) is 38.4 Å². The van der Waals surface area contributed by atoms with E-state index in [0.717, 1.165) is 45.2 Å². The normalized spacial score (nSPS) is 23.5. The van der Waals surface area contributed by atoms with Crippen LogP contribution in [0.1, 0.15) is 12.0 Å². The monoisotopic (exact) mass is 344 g/mol. The molecule has 4 nitrogen and oxygen atoms in total. The Balaban J connectivity index is 1.48. The SMILES string of the molecule is FC(F)(F)c1cccc(N2CCN(CCC3COCCO3)CC2)c1. The molecule has 2 aliphatic heterocycles. The van der Waals surface area contributed by atoms with Gasteiger partial charge in [-0.15, -0.1) is 0 Å². The van der Waals surface area contributed by atoms with Crippen LogP contribution >= 0.6 is 0 Å². The van der Waals surface area contributed by atoms with Crippen molar-refractivity contribution < 1.29 is 22.6 Å². The average molecular weight is 344 g/mol. The molecule has 134 valence electrons. The van der Waals surface area contributed by atoms with Crippen LogP contribution in [0, 0.1) is 0 Å². The molecule has 2 heterocycles. The predicted molar refractivity (Wildman–Crippen MR) is 85.3 cm³/mol. The highest BCUT2D eigenvalue weighted by Gasteiger charge is 2.31. The van der Waals surface area contributed by atoms with Crippen molar-refractivity contribution >= 4 is 5.69 Å². The van der Waals surface area contributed by atoms with Crippen molar-refractivity contribution in [2.45, 2.75) is 18.7 Å². The van der Waals surface area contributed by atoms with Gasteiger partial charge in [0.05, 0.1) is 31.5 Å². The molecule has 7 heteroatoms. The molecule has 1 aromatic carbocycles. The summed E-state index contributed by atoms with van der Waals surface area (Å²) < 4.78 is 49.5. The number of benzene rings is 1. The fourth-order valence-corrected chi connectivity index (χ4v) is 3.14. The second-order valence-electron chi connectivity index (χ2n) is 6.23. The first-order valence-corrected chi connectivity index (χ1v) is 8.36. The number of anilines is 1. The van der Waals surface area contributed by atoms with Crippen molar-refractivity contribution in [1.82, 2.24) is 4.90 Å². The van der Waals surface area contributed by atoms with Crippen molar-refractivity contribution in [1.29, 1.82) is 0 Å². The van der Waals surface area contributed by atoms with E-state index in [4.69, 9.17) is 9.47 Å². The summed E-state index contributed by atoms with van der Waals surface area (Å²) in [7, 11) is 0. The zero-order valence-electron chi connectivity index (χ0n) is 13.6. The summed E-state index contributed by atoms with van der Waals surface area (Å²) in [5, 5.41) is 0. The molecule has 1 aromatic rings. The molecule has 1 atom stereocenters. The average Bonchev–Trinajstić information content (AvgIpc) is 2.61. The Labute approximate surface area is 140 Å². The van der Waals surface area contributed by atoms with Gasteiger partial charge in [-0.2, -0.15) is 13.2 Å². The number of ether oxygens (including phenoxy) is 2. The number of hydrogen-bond donors (Lipinski definition) is 0. The number of alkyl halides is 3. The lowest BCUT2D eigenvalue weighted by Gasteiger charge is -2.37. The van der Waals surface area contributed by atoms with Crippen molar-refractivity contribution in [3.63, 3.8) is 0 Å². The maximum Gasteiger partial charge on any atom is 0.416 e. The number of rotatable bonds is 4. The number of hydrogen-bond acceptors (Lipinski definition) is 4. The summed E-state index contributed by atoms with van der Waals surface area (Å²) in [4.78, 5) is 4.36. The van der Waals surface area contributed by atoms with Gasteiger partial charge in [-0.3, -0.25) is 4.90 Å². The predicted octanol–water partition coefficient (Wildman–Crippen LogP) is 2.63. The lowest BCUT2D eigenvalue weighted by atomic mass is 10.1. The van der Waals surface area contributed by atoms with Crippen LogP contribution in [0.4, 0.5) is 18.9 Å². The third-order valence-electron chi connectivity index (χ3n) is 4.56. The molecule has 2 aliphatic rings. The summed E-state index contributed by atoms with van der Waals surface area (Å²) >= 11 is 0. The summed E-state index contributed by atoms with van der Waals surface area (Å²) in [6.07, 6.45) is -3.19. The highest BCUT2D eigenvalue weighted by Crippen LogP contribution is 2.31. The Kier molecular flexibility index (Phi) is 5.63. The largest absolute Gasteiger partial charge is 0.416 e. The van der Waals surface area contributed by atoms with E-state index in [-0.39, 0.29) is 6.10 Å². The molecule has 0 bridgehead atoms. The van der Waals surface area contributed by atoms with Crippen molar-refractivity contribution in [3.8, 4) is 0 Å². The Morgan fingerprint density at radius 2 is 1.88 bits per heavy atom. The Hall–Kier alpha value is -1.31. The Morgan fingerprint density at radius 3 is 2.54 bits per heavy atom. The minimum Gasteiger partial charge on any atom is -0.376 e. The summed E-state index contributed by atoms with van der Waals surface area (Å²) in [5.41, 5.74) is 0.0605. The van der Waals surface area contributed by atoms with Gasteiger partial charge in [0.15, 0.2) is 0 Å². The van der Waals surface area contributed by atoms with E-state index >= 15 is 0 Å². The van der Waals surface area contributed by atoms with Crippen molar-refractivity contribution in [3.05, 3.63) is 29.8 Å². The molecule has 24 heavy (non-hydrogen) atoms. The second-order valence-corrected chi connectivity index (χ2v) is 6.23. The number of halogens is 3. The van der Waals surface area contributed by atoms with E-state index in [9.17, 15) is 13.2 Å². The second kappa shape index (κ2) is 7.72. The molecule has 2 saturated heterocycles. The molecule has 0 radical (unpaired) electrons. The van der Waals surface area contributed by atoms with E-state index in [1.807, 2.05) is 4.90 Å². The van der Waals surface area contributed by atoms with E-state index in [1.54, 1.807) is 6.07 Å². The fraction of sp³-hybridized carbons (Fsp3) is 0.647. The van der Waals surface area contributed by atoms with E-state index in [2.05, 4.69) is 4.90 Å². The van der Waals surface area contributed by atoms with Crippen LogP contribution in [0.25, 0.3) is 0 Å². The number of nitrogens with zero attached hydrogens (tertiary/aromatic N) is 2. The van der Waals surface area contributed by atoms with Gasteiger partial charge in [-0.25, -0.2) is 0 Å². The van der Waals surface area contributed by atoms with Gasteiger partial charge < -0.3 is 14.4 Å². The quantitative estimate of drug-likeness (QED) is 0.838.